The average Bonchev–Trinajstić information content (AvgIpc) is 3.07. The molecule has 4 nitrogen and oxygen atoms in total. The topological polar surface area (TPSA) is 49.0 Å². The molecule has 0 spiro atoms. The summed E-state index contributed by atoms with van der Waals surface area (Å²) in [6.45, 7) is 0.840. The van der Waals surface area contributed by atoms with Crippen LogP contribution >= 0.6 is 11.8 Å². The van der Waals surface area contributed by atoms with Gasteiger partial charge in [0, 0.05) is 24.4 Å². The summed E-state index contributed by atoms with van der Waals surface area (Å²) < 4.78 is 0. The third-order valence-corrected chi connectivity index (χ3v) is 5.51. The molecule has 2 aromatic carbocycles. The number of aryl methyl sites for hydroxylation is 1. The average molecular weight is 351 g/mol. The summed E-state index contributed by atoms with van der Waals surface area (Å²) in [6, 6.07) is 16.3. The van der Waals surface area contributed by atoms with Crippen molar-refractivity contribution < 1.29 is 4.79 Å². The van der Waals surface area contributed by atoms with Crippen LogP contribution in [0.2, 0.25) is 0 Å². The van der Waals surface area contributed by atoms with Gasteiger partial charge in [-0.05, 0) is 43.0 Å². The number of para-hydroxylation sites is 3. The molecule has 0 saturated carbocycles. The zero-order valence-electron chi connectivity index (χ0n) is 14.1. The lowest BCUT2D eigenvalue weighted by atomic mass is 10.0. The van der Waals surface area contributed by atoms with E-state index < -0.39 is 0 Å². The Kier molecular flexibility index (Phi) is 4.74. The molecule has 25 heavy (non-hydrogen) atoms. The molecule has 0 unspecified atom stereocenters. The number of fused-ring (bicyclic) bond motifs is 2. The first-order chi connectivity index (χ1) is 12.3. The third-order valence-electron chi connectivity index (χ3n) is 4.55. The number of rotatable bonds is 5. The van der Waals surface area contributed by atoms with Crippen molar-refractivity contribution in [1.29, 1.82) is 0 Å². The summed E-state index contributed by atoms with van der Waals surface area (Å²) >= 11 is 1.68. The Hall–Kier alpha value is -2.27. The molecule has 128 valence electrons. The minimum absolute atomic E-state index is 0.234. The predicted octanol–water partition coefficient (Wildman–Crippen LogP) is 4.41. The first-order valence-corrected chi connectivity index (χ1v) is 9.75. The number of nitrogens with zero attached hydrogens (tertiary/aromatic N) is 2. The van der Waals surface area contributed by atoms with Gasteiger partial charge in [0.25, 0.3) is 0 Å². The van der Waals surface area contributed by atoms with Crippen molar-refractivity contribution in [3.63, 3.8) is 0 Å². The Bertz CT molecular complexity index is 856. The van der Waals surface area contributed by atoms with Crippen LogP contribution in [-0.2, 0) is 11.2 Å². The highest BCUT2D eigenvalue weighted by Gasteiger charge is 2.21. The Balaban J connectivity index is 1.31. The van der Waals surface area contributed by atoms with Gasteiger partial charge in [-0.2, -0.15) is 0 Å². The molecule has 3 aromatic rings. The summed E-state index contributed by atoms with van der Waals surface area (Å²) in [7, 11) is 0. The number of H-pyrrole nitrogens is 1. The molecule has 0 saturated heterocycles. The second kappa shape index (κ2) is 7.31. The maximum atomic E-state index is 12.6. The third kappa shape index (κ3) is 3.56. The molecule has 1 amide bonds. The van der Waals surface area contributed by atoms with Crippen molar-refractivity contribution in [2.75, 3.05) is 17.2 Å². The lowest BCUT2D eigenvalue weighted by Gasteiger charge is -2.29. The number of aromatic nitrogens is 2. The molecule has 0 aliphatic carbocycles. The van der Waals surface area contributed by atoms with Crippen LogP contribution in [0.5, 0.6) is 0 Å². The van der Waals surface area contributed by atoms with Crippen molar-refractivity contribution in [2.45, 2.75) is 30.8 Å². The van der Waals surface area contributed by atoms with E-state index >= 15 is 0 Å². The lowest BCUT2D eigenvalue weighted by molar-refractivity contribution is -0.118. The Morgan fingerprint density at radius 1 is 1.16 bits per heavy atom. The quantitative estimate of drug-likeness (QED) is 0.547. The smallest absolute Gasteiger partial charge is 0.227 e. The first kappa shape index (κ1) is 16.2. The van der Waals surface area contributed by atoms with Crippen LogP contribution in [0, 0.1) is 0 Å². The summed E-state index contributed by atoms with van der Waals surface area (Å²) in [5.41, 5.74) is 4.44. The second-order valence-corrected chi connectivity index (χ2v) is 7.37. The van der Waals surface area contributed by atoms with E-state index in [0.29, 0.717) is 6.42 Å². The zero-order chi connectivity index (χ0) is 17.1. The molecule has 1 aliphatic heterocycles. The van der Waals surface area contributed by atoms with Gasteiger partial charge in [0.1, 0.15) is 0 Å². The van der Waals surface area contributed by atoms with Crippen molar-refractivity contribution in [2.24, 2.45) is 0 Å². The van der Waals surface area contributed by atoms with E-state index in [0.717, 1.165) is 53.4 Å². The van der Waals surface area contributed by atoms with Gasteiger partial charge in [0.05, 0.1) is 11.0 Å². The van der Waals surface area contributed by atoms with Gasteiger partial charge >= 0.3 is 0 Å². The fourth-order valence-corrected chi connectivity index (χ4v) is 4.14. The molecule has 0 fully saturated rings. The van der Waals surface area contributed by atoms with Gasteiger partial charge in [0.2, 0.25) is 5.91 Å². The molecule has 0 atom stereocenters. The van der Waals surface area contributed by atoms with Gasteiger partial charge in [-0.25, -0.2) is 4.98 Å². The number of imidazole rings is 1. The number of amides is 1. The van der Waals surface area contributed by atoms with Gasteiger partial charge < -0.3 is 9.88 Å². The minimum atomic E-state index is 0.234. The SMILES string of the molecule is O=C(CCCSc1nc2ccccc2[nH]1)N1CCCc2ccccc21. The number of carbonyl (C=O) groups is 1. The van der Waals surface area contributed by atoms with E-state index in [1.807, 2.05) is 35.2 Å². The zero-order valence-corrected chi connectivity index (χ0v) is 14.9. The Morgan fingerprint density at radius 3 is 2.92 bits per heavy atom. The van der Waals surface area contributed by atoms with Gasteiger partial charge in [-0.3, -0.25) is 4.79 Å². The maximum Gasteiger partial charge on any atom is 0.227 e. The molecule has 0 radical (unpaired) electrons. The van der Waals surface area contributed by atoms with Gasteiger partial charge in [-0.15, -0.1) is 0 Å². The fourth-order valence-electron chi connectivity index (χ4n) is 3.32. The van der Waals surface area contributed by atoms with Crippen molar-refractivity contribution in [1.82, 2.24) is 9.97 Å². The van der Waals surface area contributed by atoms with Crippen LogP contribution in [0.15, 0.2) is 53.7 Å². The second-order valence-electron chi connectivity index (χ2n) is 6.29. The molecule has 5 heteroatoms. The van der Waals surface area contributed by atoms with E-state index in [1.165, 1.54) is 5.56 Å². The number of anilines is 1. The van der Waals surface area contributed by atoms with E-state index in [2.05, 4.69) is 28.2 Å². The minimum Gasteiger partial charge on any atom is -0.333 e. The summed E-state index contributed by atoms with van der Waals surface area (Å²) in [5, 5.41) is 0.928. The number of carbonyl (C=O) groups excluding carboxylic acids is 1. The Morgan fingerprint density at radius 2 is 2.00 bits per heavy atom. The van der Waals surface area contributed by atoms with Crippen LogP contribution in [-0.4, -0.2) is 28.2 Å². The van der Waals surface area contributed by atoms with E-state index in [1.54, 1.807) is 11.8 Å². The molecule has 2 heterocycles. The van der Waals surface area contributed by atoms with Gasteiger partial charge in [0.15, 0.2) is 5.16 Å². The monoisotopic (exact) mass is 351 g/mol. The number of aromatic amines is 1. The van der Waals surface area contributed by atoms with Crippen LogP contribution in [0.25, 0.3) is 11.0 Å². The van der Waals surface area contributed by atoms with E-state index in [4.69, 9.17) is 0 Å². The highest BCUT2D eigenvalue weighted by Crippen LogP contribution is 2.27. The first-order valence-electron chi connectivity index (χ1n) is 8.77. The highest BCUT2D eigenvalue weighted by atomic mass is 32.2. The molecule has 1 N–H and O–H groups in total. The largest absolute Gasteiger partial charge is 0.333 e. The van der Waals surface area contributed by atoms with Crippen LogP contribution in [0.4, 0.5) is 5.69 Å². The summed E-state index contributed by atoms with van der Waals surface area (Å²) in [4.78, 5) is 22.4. The van der Waals surface area contributed by atoms with Crippen LogP contribution < -0.4 is 4.90 Å². The van der Waals surface area contributed by atoms with Gasteiger partial charge in [-0.1, -0.05) is 42.1 Å². The number of benzene rings is 2. The summed E-state index contributed by atoms with van der Waals surface area (Å²) in [6.07, 6.45) is 3.57. The number of hydrogen-bond acceptors (Lipinski definition) is 3. The molecule has 0 bridgehead atoms. The molecule has 1 aliphatic rings. The van der Waals surface area contributed by atoms with Crippen LogP contribution in [0.1, 0.15) is 24.8 Å². The fraction of sp³-hybridized carbons (Fsp3) is 0.300. The molecule has 4 rings (SSSR count). The number of nitrogens with one attached hydrogen (secondary N) is 1. The Labute approximate surface area is 151 Å². The normalized spacial score (nSPS) is 13.8. The molecular weight excluding hydrogens is 330 g/mol. The standard InChI is InChI=1S/C20H21N3OS/c24-19(23-13-5-8-15-7-1-4-11-18(15)23)12-6-14-25-20-21-16-9-2-3-10-17(16)22-20/h1-4,7,9-11H,5-6,8,12-14H2,(H,21,22). The highest BCUT2D eigenvalue weighted by molar-refractivity contribution is 7.99. The van der Waals surface area contributed by atoms with Crippen LogP contribution in [0.3, 0.4) is 0 Å². The number of thioether (sulfide) groups is 1. The summed E-state index contributed by atoms with van der Waals surface area (Å²) in [5.74, 6) is 1.12. The van der Waals surface area contributed by atoms with E-state index in [9.17, 15) is 4.79 Å². The molecule has 1 aromatic heterocycles. The lowest BCUT2D eigenvalue weighted by Crippen LogP contribution is -2.35. The van der Waals surface area contributed by atoms with Crippen molar-refractivity contribution in [3.8, 4) is 0 Å². The van der Waals surface area contributed by atoms with E-state index in [-0.39, 0.29) is 5.91 Å². The van der Waals surface area contributed by atoms with Crippen molar-refractivity contribution >= 4 is 34.4 Å². The predicted molar refractivity (Wildman–Crippen MR) is 103 cm³/mol. The maximum absolute atomic E-state index is 12.6. The van der Waals surface area contributed by atoms with Crippen molar-refractivity contribution in [3.05, 3.63) is 54.1 Å². The number of hydrogen-bond donors (Lipinski definition) is 1. The molecular formula is C20H21N3OS.